The molecular weight excluding hydrogens is 1470 g/mol. The molecule has 8 heterocycles. The number of pyridine rings is 2. The fourth-order valence-corrected chi connectivity index (χ4v) is 17.7. The molecule has 0 saturated carbocycles. The fourth-order valence-electron chi connectivity index (χ4n) is 17.7. The van der Waals surface area contributed by atoms with Crippen molar-refractivity contribution in [3.8, 4) is 113 Å². The molecule has 8 aromatic heterocycles. The van der Waals surface area contributed by atoms with E-state index in [0.717, 1.165) is 187 Å². The molecule has 0 radical (unpaired) electrons. The minimum absolute atomic E-state index is 0.637. The number of hydrogen-bond acceptors (Lipinski definition) is 10. The van der Waals surface area contributed by atoms with Gasteiger partial charge in [-0.25, -0.2) is 39.9 Å². The van der Waals surface area contributed by atoms with Gasteiger partial charge in [0, 0.05) is 88.9 Å². The van der Waals surface area contributed by atoms with Crippen molar-refractivity contribution in [1.29, 1.82) is 0 Å². The molecule has 0 amide bonds. The Balaban J connectivity index is 0.000000137. The molecule has 0 N–H and O–H groups in total. The van der Waals surface area contributed by atoms with E-state index in [1.165, 1.54) is 21.5 Å². The van der Waals surface area contributed by atoms with Gasteiger partial charge >= 0.3 is 0 Å². The van der Waals surface area contributed by atoms with E-state index in [1.54, 1.807) is 0 Å². The smallest absolute Gasteiger partial charge is 0.164 e. The molecule has 25 aromatic rings. The molecule has 120 heavy (non-hydrogen) atoms. The lowest BCUT2D eigenvalue weighted by atomic mass is 9.92. The Morgan fingerprint density at radius 3 is 0.917 bits per heavy atom. The highest BCUT2D eigenvalue weighted by molar-refractivity contribution is 6.26. The zero-order valence-corrected chi connectivity index (χ0v) is 64.2. The van der Waals surface area contributed by atoms with Gasteiger partial charge in [-0.05, 0) is 156 Å². The quantitative estimate of drug-likeness (QED) is 0.122. The third kappa shape index (κ3) is 11.4. The van der Waals surface area contributed by atoms with Gasteiger partial charge in [0.15, 0.2) is 34.9 Å². The Kier molecular flexibility index (Phi) is 15.7. The van der Waals surface area contributed by atoms with Gasteiger partial charge in [0.25, 0.3) is 0 Å². The summed E-state index contributed by atoms with van der Waals surface area (Å²) in [6, 6.07) is 131. The molecule has 0 aliphatic heterocycles. The minimum Gasteiger partial charge on any atom is -0.456 e. The van der Waals surface area contributed by atoms with E-state index in [4.69, 9.17) is 48.7 Å². The van der Waals surface area contributed by atoms with E-state index in [9.17, 15) is 0 Å². The molecule has 0 aliphatic carbocycles. The summed E-state index contributed by atoms with van der Waals surface area (Å²) in [5.74, 6) is 3.85. The molecule has 0 aliphatic rings. The molecule has 0 bridgehead atoms. The van der Waals surface area contributed by atoms with E-state index < -0.39 is 0 Å². The number of rotatable bonds is 10. The van der Waals surface area contributed by atoms with Gasteiger partial charge in [0.05, 0.1) is 22.1 Å². The summed E-state index contributed by atoms with van der Waals surface area (Å²) in [5, 5.41) is 16.0. The Bertz CT molecular complexity index is 8360. The van der Waals surface area contributed by atoms with Gasteiger partial charge < -0.3 is 8.83 Å². The van der Waals surface area contributed by atoms with Gasteiger partial charge in [-0.3, -0.25) is 8.80 Å². The topological polar surface area (TPSA) is 138 Å². The summed E-state index contributed by atoms with van der Waals surface area (Å²) in [5.41, 5.74) is 24.2. The molecular formula is C108H64N10O2. The molecule has 0 spiro atoms. The number of hydrogen-bond donors (Lipinski definition) is 0. The van der Waals surface area contributed by atoms with Crippen molar-refractivity contribution in [3.05, 3.63) is 389 Å². The van der Waals surface area contributed by atoms with Gasteiger partial charge in [-0.1, -0.05) is 297 Å². The monoisotopic (exact) mass is 1530 g/mol. The molecule has 0 fully saturated rings. The summed E-state index contributed by atoms with van der Waals surface area (Å²) in [6.07, 6.45) is 4.33. The molecule has 25 rings (SSSR count). The second-order valence-corrected chi connectivity index (χ2v) is 30.5. The van der Waals surface area contributed by atoms with Crippen molar-refractivity contribution in [2.24, 2.45) is 0 Å². The first kappa shape index (κ1) is 68.0. The maximum Gasteiger partial charge on any atom is 0.164 e. The highest BCUT2D eigenvalue weighted by Crippen LogP contribution is 2.45. The lowest BCUT2D eigenvalue weighted by Gasteiger charge is -2.14. The first-order valence-corrected chi connectivity index (χ1v) is 40.2. The van der Waals surface area contributed by atoms with E-state index in [2.05, 4.69) is 252 Å². The van der Waals surface area contributed by atoms with Gasteiger partial charge in [0.2, 0.25) is 0 Å². The van der Waals surface area contributed by atoms with Crippen molar-refractivity contribution < 1.29 is 8.83 Å². The maximum atomic E-state index is 6.13. The Morgan fingerprint density at radius 1 is 0.167 bits per heavy atom. The number of nitrogens with zero attached hydrogens (tertiary/aromatic N) is 10. The van der Waals surface area contributed by atoms with Crippen LogP contribution < -0.4 is 0 Å². The van der Waals surface area contributed by atoms with Crippen molar-refractivity contribution in [3.63, 3.8) is 0 Å². The Labute approximate surface area is 685 Å². The van der Waals surface area contributed by atoms with Crippen LogP contribution in [0.5, 0.6) is 0 Å². The molecule has 558 valence electrons. The summed E-state index contributed by atoms with van der Waals surface area (Å²) in [6.45, 7) is 0. The first-order valence-electron chi connectivity index (χ1n) is 40.2. The van der Waals surface area contributed by atoms with Gasteiger partial charge in [-0.15, -0.1) is 0 Å². The summed E-state index contributed by atoms with van der Waals surface area (Å²) in [7, 11) is 0. The largest absolute Gasteiger partial charge is 0.456 e. The summed E-state index contributed by atoms with van der Waals surface area (Å²) >= 11 is 0. The SMILES string of the molecule is c1ccc(-c2nc(-c3ccccc3)nc(-c3ccc(-c4ccc5c(c4)c4ccccc4c4nc6cc(-c7ccc8oc9ccccc9c8c7)ccn6c54)c4ccccc34)n2)cc1.c1ccc(-c2nc(-c3ccccc3)nc(-c3ccc(-c4ccc5c(c4)c4ccccc4c4nc6cc(-c7ccc8oc9ccccc9c8c7)ccn6c54)cc3)n2)cc1. The van der Waals surface area contributed by atoms with Crippen LogP contribution in [0, 0.1) is 0 Å². The molecule has 0 atom stereocenters. The number of benzene rings is 17. The molecule has 0 saturated heterocycles. The standard InChI is InChI=1S/C56H33N5O.C52H31N5O/c1-3-13-34(14-4-1)54-58-55(35-15-5-2-6-16-35)60-56(59-54)46-27-26-39(40-17-7-8-18-41(40)46)38-23-25-45-47(32-38)42-19-9-10-21-44(42)52-53(45)61-30-29-37(33-51(61)57-52)36-24-28-50-48(31-36)43-20-11-12-22-49(43)62-50;1-3-11-33(12-4-1)50-54-51(34-13-5-2-6-14-34)56-52(55-50)35-21-19-32(20-22-35)36-23-25-42-43(29-36)39-15-7-8-17-41(39)48-49(42)57-28-27-38(31-47(57)53-48)37-24-26-46-44(30-37)40-16-9-10-18-45(40)58-46/h1-33H;1-31H. The highest BCUT2D eigenvalue weighted by atomic mass is 16.3. The Hall–Kier alpha value is -16.4. The van der Waals surface area contributed by atoms with Crippen LogP contribution in [-0.4, -0.2) is 48.7 Å². The zero-order chi connectivity index (χ0) is 78.9. The van der Waals surface area contributed by atoms with Crippen LogP contribution in [0.2, 0.25) is 0 Å². The number of furan rings is 2. The fraction of sp³-hybridized carbons (Fsp3) is 0. The van der Waals surface area contributed by atoms with Gasteiger partial charge in [-0.2, -0.15) is 0 Å². The van der Waals surface area contributed by atoms with E-state index in [-0.39, 0.29) is 0 Å². The average Bonchev–Trinajstić information content (AvgIpc) is 1.62. The van der Waals surface area contributed by atoms with Crippen LogP contribution in [0.25, 0.3) is 244 Å². The van der Waals surface area contributed by atoms with Crippen molar-refractivity contribution in [2.75, 3.05) is 0 Å². The normalized spacial score (nSPS) is 11.8. The van der Waals surface area contributed by atoms with Crippen molar-refractivity contribution in [2.45, 2.75) is 0 Å². The molecule has 12 heteroatoms. The predicted molar refractivity (Wildman–Crippen MR) is 489 cm³/mol. The number of fused-ring (bicyclic) bond motifs is 23. The second kappa shape index (κ2) is 27.7. The summed E-state index contributed by atoms with van der Waals surface area (Å²) < 4.78 is 16.7. The van der Waals surface area contributed by atoms with Crippen LogP contribution in [0.1, 0.15) is 0 Å². The number of aromatic nitrogens is 10. The predicted octanol–water partition coefficient (Wildman–Crippen LogP) is 27.6. The third-order valence-electron chi connectivity index (χ3n) is 23.5. The summed E-state index contributed by atoms with van der Waals surface area (Å²) in [4.78, 5) is 40.4. The zero-order valence-electron chi connectivity index (χ0n) is 64.2. The first-order chi connectivity index (χ1) is 59.4. The van der Waals surface area contributed by atoms with Crippen LogP contribution in [0.15, 0.2) is 397 Å². The average molecular weight is 1530 g/mol. The van der Waals surface area contributed by atoms with Crippen molar-refractivity contribution in [1.82, 2.24) is 48.7 Å². The number of imidazole rings is 2. The maximum absolute atomic E-state index is 6.13. The molecule has 12 nitrogen and oxygen atoms in total. The van der Waals surface area contributed by atoms with E-state index in [0.29, 0.717) is 34.9 Å². The third-order valence-corrected chi connectivity index (χ3v) is 23.5. The van der Waals surface area contributed by atoms with Crippen LogP contribution in [0.3, 0.4) is 0 Å². The van der Waals surface area contributed by atoms with Crippen molar-refractivity contribution >= 4 is 131 Å². The molecule has 0 unspecified atom stereocenters. The van der Waals surface area contributed by atoms with Crippen LogP contribution >= 0.6 is 0 Å². The van der Waals surface area contributed by atoms with E-state index >= 15 is 0 Å². The number of para-hydroxylation sites is 2. The highest BCUT2D eigenvalue weighted by Gasteiger charge is 2.23. The lowest BCUT2D eigenvalue weighted by molar-refractivity contribution is 0.668. The van der Waals surface area contributed by atoms with Crippen LogP contribution in [-0.2, 0) is 0 Å². The second-order valence-electron chi connectivity index (χ2n) is 30.5. The lowest BCUT2D eigenvalue weighted by Crippen LogP contribution is -2.00. The Morgan fingerprint density at radius 2 is 0.467 bits per heavy atom. The van der Waals surface area contributed by atoms with E-state index in [1.807, 2.05) is 146 Å². The molecule has 17 aromatic carbocycles. The minimum atomic E-state index is 0.637. The van der Waals surface area contributed by atoms with Crippen LogP contribution in [0.4, 0.5) is 0 Å². The van der Waals surface area contributed by atoms with Gasteiger partial charge in [0.1, 0.15) is 33.6 Å².